The molecule has 3 nitrogen and oxygen atoms in total. The number of carbonyl (C=O) groups is 1. The molecule has 0 unspecified atom stereocenters. The molecule has 1 aromatic carbocycles. The van der Waals surface area contributed by atoms with Crippen molar-refractivity contribution < 1.29 is 9.53 Å². The van der Waals surface area contributed by atoms with Gasteiger partial charge in [0.2, 0.25) is 0 Å². The number of ether oxygens (including phenoxy) is 1. The first-order chi connectivity index (χ1) is 7.66. The summed E-state index contributed by atoms with van der Waals surface area (Å²) in [5.74, 6) is -0.429. The van der Waals surface area contributed by atoms with E-state index in [1.54, 1.807) is 24.3 Å². The molecule has 16 heavy (non-hydrogen) atoms. The first kappa shape index (κ1) is 13.0. The molecule has 4 heteroatoms. The van der Waals surface area contributed by atoms with Crippen LogP contribution in [0.25, 0.3) is 0 Å². The van der Waals surface area contributed by atoms with Gasteiger partial charge >= 0.3 is 5.97 Å². The molecule has 0 fully saturated rings. The third-order valence-electron chi connectivity index (χ3n) is 2.24. The van der Waals surface area contributed by atoms with Crippen molar-refractivity contribution in [3.05, 3.63) is 34.9 Å². The SMILES string of the molecule is CCCCOC(=O)[C@@H](N)c1ccccc1Cl. The van der Waals surface area contributed by atoms with Gasteiger partial charge in [-0.25, -0.2) is 4.79 Å². The van der Waals surface area contributed by atoms with Crippen molar-refractivity contribution in [2.24, 2.45) is 5.73 Å². The van der Waals surface area contributed by atoms with Gasteiger partial charge in [0.25, 0.3) is 0 Å². The van der Waals surface area contributed by atoms with Gasteiger partial charge in [-0.3, -0.25) is 0 Å². The lowest BCUT2D eigenvalue weighted by Crippen LogP contribution is -2.24. The Morgan fingerprint density at radius 1 is 1.50 bits per heavy atom. The smallest absolute Gasteiger partial charge is 0.327 e. The van der Waals surface area contributed by atoms with E-state index in [9.17, 15) is 4.79 Å². The summed E-state index contributed by atoms with van der Waals surface area (Å²) in [7, 11) is 0. The van der Waals surface area contributed by atoms with E-state index in [2.05, 4.69) is 0 Å². The van der Waals surface area contributed by atoms with E-state index >= 15 is 0 Å². The number of esters is 1. The molecule has 0 radical (unpaired) electrons. The van der Waals surface area contributed by atoms with Crippen molar-refractivity contribution in [3.8, 4) is 0 Å². The first-order valence-corrected chi connectivity index (χ1v) is 5.71. The fraction of sp³-hybridized carbons (Fsp3) is 0.417. The highest BCUT2D eigenvalue weighted by Crippen LogP contribution is 2.21. The molecule has 1 atom stereocenters. The van der Waals surface area contributed by atoms with Gasteiger partial charge in [0.05, 0.1) is 6.61 Å². The molecule has 0 bridgehead atoms. The molecule has 1 rings (SSSR count). The van der Waals surface area contributed by atoms with Gasteiger partial charge in [0.1, 0.15) is 6.04 Å². The predicted octanol–water partition coefficient (Wildman–Crippen LogP) is 2.68. The van der Waals surface area contributed by atoms with Gasteiger partial charge in [-0.05, 0) is 18.1 Å². The Balaban J connectivity index is 2.60. The summed E-state index contributed by atoms with van der Waals surface area (Å²) < 4.78 is 5.03. The second kappa shape index (κ2) is 6.51. The van der Waals surface area contributed by atoms with E-state index in [1.165, 1.54) is 0 Å². The fourth-order valence-corrected chi connectivity index (χ4v) is 1.51. The largest absolute Gasteiger partial charge is 0.464 e. The lowest BCUT2D eigenvalue weighted by molar-refractivity contribution is -0.145. The van der Waals surface area contributed by atoms with Gasteiger partial charge in [0, 0.05) is 5.02 Å². The molecule has 0 saturated carbocycles. The van der Waals surface area contributed by atoms with Crippen molar-refractivity contribution in [2.45, 2.75) is 25.8 Å². The van der Waals surface area contributed by atoms with Crippen LogP contribution in [0, 0.1) is 0 Å². The predicted molar refractivity (Wildman–Crippen MR) is 64.2 cm³/mol. The average Bonchev–Trinajstić information content (AvgIpc) is 2.29. The summed E-state index contributed by atoms with van der Waals surface area (Å²) in [6.07, 6.45) is 1.83. The molecule has 0 spiro atoms. The van der Waals surface area contributed by atoms with Gasteiger partial charge in [-0.1, -0.05) is 43.1 Å². The molecule has 1 aromatic rings. The lowest BCUT2D eigenvalue weighted by atomic mass is 10.1. The Kier molecular flexibility index (Phi) is 5.29. The quantitative estimate of drug-likeness (QED) is 0.637. The second-order valence-corrected chi connectivity index (χ2v) is 3.93. The van der Waals surface area contributed by atoms with Crippen molar-refractivity contribution in [2.75, 3.05) is 6.61 Å². The summed E-state index contributed by atoms with van der Waals surface area (Å²) in [5.41, 5.74) is 6.37. The van der Waals surface area contributed by atoms with Crippen molar-refractivity contribution in [3.63, 3.8) is 0 Å². The zero-order valence-corrected chi connectivity index (χ0v) is 10.0. The van der Waals surface area contributed by atoms with Crippen LogP contribution in [0.2, 0.25) is 5.02 Å². The minimum absolute atomic E-state index is 0.410. The van der Waals surface area contributed by atoms with E-state index < -0.39 is 12.0 Å². The van der Waals surface area contributed by atoms with Crippen LogP contribution in [0.1, 0.15) is 31.4 Å². The first-order valence-electron chi connectivity index (χ1n) is 5.33. The highest BCUT2D eigenvalue weighted by Gasteiger charge is 2.19. The van der Waals surface area contributed by atoms with E-state index in [1.807, 2.05) is 6.92 Å². The van der Waals surface area contributed by atoms with Crippen LogP contribution in [0.15, 0.2) is 24.3 Å². The minimum atomic E-state index is -0.800. The Hall–Kier alpha value is -1.06. The van der Waals surface area contributed by atoms with Crippen LogP contribution in [0.4, 0.5) is 0 Å². The highest BCUT2D eigenvalue weighted by molar-refractivity contribution is 6.31. The molecule has 0 aliphatic rings. The number of halogens is 1. The number of unbranched alkanes of at least 4 members (excludes halogenated alkanes) is 1. The molecule has 88 valence electrons. The lowest BCUT2D eigenvalue weighted by Gasteiger charge is -2.12. The summed E-state index contributed by atoms with van der Waals surface area (Å²) in [4.78, 5) is 11.6. The Bertz CT molecular complexity index is 355. The van der Waals surface area contributed by atoms with E-state index in [4.69, 9.17) is 22.1 Å². The normalized spacial score (nSPS) is 12.2. The van der Waals surface area contributed by atoms with Crippen molar-refractivity contribution >= 4 is 17.6 Å². The van der Waals surface area contributed by atoms with Crippen LogP contribution in [-0.2, 0) is 9.53 Å². The summed E-state index contributed by atoms with van der Waals surface area (Å²) >= 11 is 5.94. The molecule has 2 N–H and O–H groups in total. The molecule has 0 amide bonds. The van der Waals surface area contributed by atoms with E-state index in [0.29, 0.717) is 17.2 Å². The van der Waals surface area contributed by atoms with E-state index in [-0.39, 0.29) is 0 Å². The molecular formula is C12H16ClNO2. The summed E-state index contributed by atoms with van der Waals surface area (Å²) in [6.45, 7) is 2.44. The number of nitrogens with two attached hydrogens (primary N) is 1. The van der Waals surface area contributed by atoms with E-state index in [0.717, 1.165) is 12.8 Å². The minimum Gasteiger partial charge on any atom is -0.464 e. The monoisotopic (exact) mass is 241 g/mol. The summed E-state index contributed by atoms with van der Waals surface area (Å²) in [5, 5.41) is 0.488. The topological polar surface area (TPSA) is 52.3 Å². The Morgan fingerprint density at radius 3 is 2.81 bits per heavy atom. The molecule has 0 aliphatic heterocycles. The van der Waals surface area contributed by atoms with Crippen LogP contribution in [-0.4, -0.2) is 12.6 Å². The van der Waals surface area contributed by atoms with Gasteiger partial charge in [-0.2, -0.15) is 0 Å². The average molecular weight is 242 g/mol. The molecule has 0 aromatic heterocycles. The molecule has 0 saturated heterocycles. The maximum atomic E-state index is 11.6. The van der Waals surface area contributed by atoms with Crippen molar-refractivity contribution in [1.82, 2.24) is 0 Å². The van der Waals surface area contributed by atoms with Gasteiger partial charge in [-0.15, -0.1) is 0 Å². The zero-order chi connectivity index (χ0) is 12.0. The summed E-state index contributed by atoms with van der Waals surface area (Å²) in [6, 6.07) is 6.22. The number of rotatable bonds is 5. The van der Waals surface area contributed by atoms with Gasteiger partial charge in [0.15, 0.2) is 0 Å². The maximum Gasteiger partial charge on any atom is 0.327 e. The molecule has 0 aliphatic carbocycles. The molecular weight excluding hydrogens is 226 g/mol. The Labute approximate surface area is 101 Å². The van der Waals surface area contributed by atoms with Crippen molar-refractivity contribution in [1.29, 1.82) is 0 Å². The van der Waals surface area contributed by atoms with Gasteiger partial charge < -0.3 is 10.5 Å². The van der Waals surface area contributed by atoms with Crippen LogP contribution in [0.5, 0.6) is 0 Å². The third-order valence-corrected chi connectivity index (χ3v) is 2.58. The maximum absolute atomic E-state index is 11.6. The standard InChI is InChI=1S/C12H16ClNO2/c1-2-3-8-16-12(15)11(14)9-6-4-5-7-10(9)13/h4-7,11H,2-3,8,14H2,1H3/t11-/m0/s1. The zero-order valence-electron chi connectivity index (χ0n) is 9.28. The highest BCUT2D eigenvalue weighted by atomic mass is 35.5. The third kappa shape index (κ3) is 3.51. The number of carbonyl (C=O) groups excluding carboxylic acids is 1. The molecule has 0 heterocycles. The number of benzene rings is 1. The Morgan fingerprint density at radius 2 is 2.19 bits per heavy atom. The number of hydrogen-bond acceptors (Lipinski definition) is 3. The van der Waals surface area contributed by atoms with Crippen LogP contribution < -0.4 is 5.73 Å². The number of hydrogen-bond donors (Lipinski definition) is 1. The van der Waals surface area contributed by atoms with Crippen LogP contribution >= 0.6 is 11.6 Å². The fourth-order valence-electron chi connectivity index (χ4n) is 1.26. The second-order valence-electron chi connectivity index (χ2n) is 3.52. The van der Waals surface area contributed by atoms with Crippen LogP contribution in [0.3, 0.4) is 0 Å².